The lowest BCUT2D eigenvalue weighted by atomic mass is 10.1. The van der Waals surface area contributed by atoms with E-state index < -0.39 is 24.8 Å². The molecule has 1 atom stereocenters. The van der Waals surface area contributed by atoms with E-state index in [1.54, 1.807) is 0 Å². The van der Waals surface area contributed by atoms with E-state index in [2.05, 4.69) is 141 Å². The first-order chi connectivity index (χ1) is 15.9. The lowest BCUT2D eigenvalue weighted by Gasteiger charge is -2.41. The van der Waals surface area contributed by atoms with Crippen LogP contribution in [0, 0.1) is 0 Å². The monoisotopic (exact) mass is 546 g/mol. The Morgan fingerprint density at radius 1 is 0.861 bits per heavy atom. The number of nitrogens with one attached hydrogen (secondary N) is 1. The molecule has 0 saturated heterocycles. The van der Waals surface area contributed by atoms with Crippen LogP contribution in [0.15, 0.2) is 30.5 Å². The Hall–Kier alpha value is -1.16. The van der Waals surface area contributed by atoms with Gasteiger partial charge >= 0.3 is 5.97 Å². The summed E-state index contributed by atoms with van der Waals surface area (Å²) in [7, 11) is -6.06. The number of hydrogen-bond acceptors (Lipinski definition) is 3. The van der Waals surface area contributed by atoms with Crippen LogP contribution in [0.1, 0.15) is 67.9 Å². The minimum atomic E-state index is -2.24. The van der Waals surface area contributed by atoms with E-state index in [9.17, 15) is 4.79 Å². The van der Waals surface area contributed by atoms with E-state index in [1.807, 2.05) is 0 Å². The number of aromatic nitrogens is 1. The van der Waals surface area contributed by atoms with Crippen molar-refractivity contribution in [2.24, 2.45) is 0 Å². The van der Waals surface area contributed by atoms with Gasteiger partial charge in [0.1, 0.15) is 14.3 Å². The van der Waals surface area contributed by atoms with Gasteiger partial charge in [0.05, 0.1) is 0 Å². The fraction of sp³-hybridized carbons (Fsp3) is 0.690. The van der Waals surface area contributed by atoms with Gasteiger partial charge in [-0.15, -0.1) is 0 Å². The van der Waals surface area contributed by atoms with E-state index in [-0.39, 0.29) is 27.1 Å². The number of rotatable bonds is 7. The van der Waals surface area contributed by atoms with Gasteiger partial charge in [0.2, 0.25) is 0 Å². The third-order valence-corrected chi connectivity index (χ3v) is 23.9. The maximum atomic E-state index is 13.9. The highest BCUT2D eigenvalue weighted by Gasteiger charge is 2.45. The van der Waals surface area contributed by atoms with Gasteiger partial charge in [-0.1, -0.05) is 107 Å². The largest absolute Gasteiger partial charge is 0.518 e. The second kappa shape index (κ2) is 9.86. The molecule has 0 unspecified atom stereocenters. The molecule has 2 rings (SSSR count). The Kier molecular flexibility index (Phi) is 8.51. The number of fused-ring (bicyclic) bond motifs is 1. The Labute approximate surface area is 224 Å². The molecule has 0 aliphatic carbocycles. The Morgan fingerprint density at radius 2 is 1.39 bits per heavy atom. The quantitative estimate of drug-likeness (QED) is 0.354. The molecule has 1 heterocycles. The first-order valence-electron chi connectivity index (χ1n) is 13.5. The second-order valence-electron chi connectivity index (χ2n) is 15.3. The van der Waals surface area contributed by atoms with Gasteiger partial charge in [0.25, 0.3) is 8.32 Å². The molecule has 0 aliphatic rings. The minimum absolute atomic E-state index is 0.0253. The molecule has 1 aromatic heterocycles. The summed E-state index contributed by atoms with van der Waals surface area (Å²) in [4.78, 5) is 17.8. The molecule has 0 aliphatic heterocycles. The number of para-hydroxylation sites is 1. The van der Waals surface area contributed by atoms with Gasteiger partial charge in [-0.05, 0) is 52.5 Å². The van der Waals surface area contributed by atoms with Crippen LogP contribution in [0.5, 0.6) is 0 Å². The molecule has 0 bridgehead atoms. The van der Waals surface area contributed by atoms with Crippen molar-refractivity contribution in [1.82, 2.24) is 9.22 Å². The summed E-state index contributed by atoms with van der Waals surface area (Å²) < 4.78 is 8.95. The number of nitrogens with zero attached hydrogens (tertiary/aromatic N) is 1. The third kappa shape index (κ3) is 6.28. The van der Waals surface area contributed by atoms with Crippen molar-refractivity contribution in [3.8, 4) is 0 Å². The normalized spacial score (nSPS) is 15.3. The molecule has 204 valence electrons. The molecule has 2 aromatic rings. The Balaban J connectivity index is 2.61. The summed E-state index contributed by atoms with van der Waals surface area (Å²) in [5.41, 5.74) is 2.52. The molecule has 0 radical (unpaired) electrons. The smallest absolute Gasteiger partial charge is 0.309 e. The zero-order chi connectivity index (χ0) is 28.1. The van der Waals surface area contributed by atoms with Crippen LogP contribution in [-0.2, 0) is 15.6 Å². The highest BCUT2D eigenvalue weighted by atomic mass is 28.4. The summed E-state index contributed by atoms with van der Waals surface area (Å²) in [6.45, 7) is 34.4. The van der Waals surface area contributed by atoms with Crippen molar-refractivity contribution in [2.45, 2.75) is 129 Å². The molecule has 1 N–H and O–H groups in total. The van der Waals surface area contributed by atoms with Crippen molar-refractivity contribution in [3.63, 3.8) is 0 Å². The number of hydrogen-bond donors (Lipinski definition) is 1. The van der Waals surface area contributed by atoms with Crippen LogP contribution in [-0.4, -0.2) is 41.0 Å². The van der Waals surface area contributed by atoms with E-state index in [4.69, 9.17) is 4.43 Å². The van der Waals surface area contributed by atoms with Crippen LogP contribution in [0.2, 0.25) is 54.4 Å². The maximum Gasteiger partial charge on any atom is 0.309 e. The van der Waals surface area contributed by atoms with Crippen molar-refractivity contribution in [3.05, 3.63) is 36.0 Å². The van der Waals surface area contributed by atoms with Crippen molar-refractivity contribution < 1.29 is 9.22 Å². The zero-order valence-corrected chi connectivity index (χ0v) is 28.9. The molecule has 36 heavy (non-hydrogen) atoms. The average Bonchev–Trinajstić information content (AvgIpc) is 3.03. The number of benzene rings is 1. The topological polar surface area (TPSA) is 43.3 Å². The van der Waals surface area contributed by atoms with Gasteiger partial charge in [0, 0.05) is 10.9 Å². The van der Waals surface area contributed by atoms with Crippen LogP contribution in [0.25, 0.3) is 10.9 Å². The van der Waals surface area contributed by atoms with Crippen molar-refractivity contribution in [1.29, 1.82) is 0 Å². The van der Waals surface area contributed by atoms with Crippen LogP contribution in [0.3, 0.4) is 0 Å². The Bertz CT molecular complexity index is 1080. The van der Waals surface area contributed by atoms with Gasteiger partial charge in [-0.3, -0.25) is 4.79 Å². The zero-order valence-electron chi connectivity index (χ0n) is 25.9. The second-order valence-corrected chi connectivity index (χ2v) is 30.2. The summed E-state index contributed by atoms with van der Waals surface area (Å²) in [6, 6.07) is 8.35. The summed E-state index contributed by atoms with van der Waals surface area (Å²) in [5, 5.41) is 1.54. The van der Waals surface area contributed by atoms with Crippen LogP contribution in [0.4, 0.5) is 0 Å². The number of carbonyl (C=O) groups is 1. The average molecular weight is 547 g/mol. The van der Waals surface area contributed by atoms with Gasteiger partial charge in [0.15, 0.2) is 8.24 Å². The predicted octanol–water partition coefficient (Wildman–Crippen LogP) is 8.55. The van der Waals surface area contributed by atoms with Gasteiger partial charge in [-0.2, -0.15) is 0 Å². The summed E-state index contributed by atoms with van der Waals surface area (Å²) in [6.07, 6.45) is 2.99. The predicted molar refractivity (Wildman–Crippen MR) is 166 cm³/mol. The van der Waals surface area contributed by atoms with E-state index in [1.165, 1.54) is 16.5 Å². The molecular formula is C29H54N2O2Si3. The van der Waals surface area contributed by atoms with Gasteiger partial charge in [-0.25, -0.2) is 0 Å². The first-order valence-corrected chi connectivity index (χ1v) is 22.4. The van der Waals surface area contributed by atoms with E-state index in [0.717, 1.165) is 0 Å². The van der Waals surface area contributed by atoms with Crippen molar-refractivity contribution in [2.75, 3.05) is 0 Å². The molecule has 0 amide bonds. The Morgan fingerprint density at radius 3 is 1.86 bits per heavy atom. The lowest BCUT2D eigenvalue weighted by Crippen LogP contribution is -2.60. The first kappa shape index (κ1) is 31.1. The molecule has 0 saturated carbocycles. The standard InChI is InChI=1S/C29H54N2O2Si3/c1-27(2,3)34(10,11)30-24(26(32)33-36(14,15)29(7,8)9)20-22-21-31(35(12,13)28(4,5)6)25-19-17-16-18-23(22)25/h16-19,21,24,30H,20H2,1-15H3/t24-/m1/s1. The lowest BCUT2D eigenvalue weighted by molar-refractivity contribution is -0.137. The molecule has 7 heteroatoms. The maximum absolute atomic E-state index is 13.9. The fourth-order valence-electron chi connectivity index (χ4n) is 3.78. The number of carbonyl (C=O) groups excluding carboxylic acids is 1. The van der Waals surface area contributed by atoms with E-state index >= 15 is 0 Å². The molecule has 0 fully saturated rings. The van der Waals surface area contributed by atoms with Gasteiger partial charge < -0.3 is 13.6 Å². The molecule has 0 spiro atoms. The summed E-state index contributed by atoms with van der Waals surface area (Å²) >= 11 is 0. The highest BCUT2D eigenvalue weighted by Crippen LogP contribution is 2.41. The minimum Gasteiger partial charge on any atom is -0.518 e. The SMILES string of the molecule is CC(C)(C)[Si](C)(C)N[C@H](Cc1cn([Si](C)(C)C(C)(C)C)c2ccccc12)C(=O)O[Si](C)(C)C(C)(C)C. The molecule has 1 aromatic carbocycles. The van der Waals surface area contributed by atoms with E-state index in [0.29, 0.717) is 6.42 Å². The molecular weight excluding hydrogens is 493 g/mol. The highest BCUT2D eigenvalue weighted by molar-refractivity contribution is 6.79. The fourth-order valence-corrected chi connectivity index (χ4v) is 8.25. The summed E-state index contributed by atoms with van der Waals surface area (Å²) in [5.74, 6) is -0.0874. The van der Waals surface area contributed by atoms with Crippen molar-refractivity contribution >= 4 is 41.7 Å². The van der Waals surface area contributed by atoms with Crippen LogP contribution >= 0.6 is 0 Å². The third-order valence-electron chi connectivity index (χ3n) is 9.51. The van der Waals surface area contributed by atoms with Crippen LogP contribution < -0.4 is 4.98 Å². The molecule has 4 nitrogen and oxygen atoms in total.